The van der Waals surface area contributed by atoms with E-state index in [9.17, 15) is 4.79 Å². The zero-order valence-electron chi connectivity index (χ0n) is 10.6. The molecule has 1 aromatic carbocycles. The van der Waals surface area contributed by atoms with Gasteiger partial charge in [-0.2, -0.15) is 0 Å². The Labute approximate surface area is 106 Å². The van der Waals surface area contributed by atoms with Gasteiger partial charge >= 0.3 is 5.97 Å². The monoisotopic (exact) mass is 251 g/mol. The summed E-state index contributed by atoms with van der Waals surface area (Å²) in [5.41, 5.74) is 0.816. The molecule has 0 fully saturated rings. The van der Waals surface area contributed by atoms with Gasteiger partial charge in [-0.1, -0.05) is 6.92 Å². The Morgan fingerprint density at radius 1 is 1.39 bits per heavy atom. The lowest BCUT2D eigenvalue weighted by Gasteiger charge is -2.21. The summed E-state index contributed by atoms with van der Waals surface area (Å²) in [5.74, 6) is 1.16. The summed E-state index contributed by atoms with van der Waals surface area (Å²) in [6.07, 6.45) is 0.654. The van der Waals surface area contributed by atoms with Crippen molar-refractivity contribution in [2.75, 3.05) is 25.6 Å². The van der Waals surface area contributed by atoms with Crippen LogP contribution in [0.2, 0.25) is 0 Å². The van der Waals surface area contributed by atoms with Crippen LogP contribution >= 0.6 is 0 Å². The van der Waals surface area contributed by atoms with E-state index in [0.29, 0.717) is 25.4 Å². The molecule has 0 amide bonds. The summed E-state index contributed by atoms with van der Waals surface area (Å²) < 4.78 is 15.6. The van der Waals surface area contributed by atoms with Crippen LogP contribution in [-0.2, 0) is 9.53 Å². The number of ether oxygens (including phenoxy) is 3. The Balaban J connectivity index is 2.11. The highest BCUT2D eigenvalue weighted by Crippen LogP contribution is 2.32. The highest BCUT2D eigenvalue weighted by molar-refractivity contribution is 5.79. The Bertz CT molecular complexity index is 433. The van der Waals surface area contributed by atoms with Crippen molar-refractivity contribution >= 4 is 11.7 Å². The maximum absolute atomic E-state index is 11.5. The van der Waals surface area contributed by atoms with Gasteiger partial charge in [0.25, 0.3) is 0 Å². The number of nitrogens with one attached hydrogen (secondary N) is 1. The summed E-state index contributed by atoms with van der Waals surface area (Å²) in [5, 5.41) is 3.12. The van der Waals surface area contributed by atoms with Gasteiger partial charge in [0.15, 0.2) is 11.5 Å². The summed E-state index contributed by atoms with van der Waals surface area (Å²) in [6.45, 7) is 3.04. The van der Waals surface area contributed by atoms with Gasteiger partial charge in [0, 0.05) is 11.8 Å². The highest BCUT2D eigenvalue weighted by Gasteiger charge is 2.18. The number of methoxy groups -OCH3 is 1. The zero-order valence-corrected chi connectivity index (χ0v) is 10.6. The molecule has 0 aromatic heterocycles. The molecule has 1 N–H and O–H groups in total. The Morgan fingerprint density at radius 2 is 2.11 bits per heavy atom. The summed E-state index contributed by atoms with van der Waals surface area (Å²) >= 11 is 0. The Morgan fingerprint density at radius 3 is 2.78 bits per heavy atom. The molecule has 1 atom stereocenters. The largest absolute Gasteiger partial charge is 0.486 e. The standard InChI is InChI=1S/C13H17NO4/c1-3-10(13(15)16-2)14-9-4-5-11-12(8-9)18-7-6-17-11/h4-5,8,10,14H,3,6-7H2,1-2H3. The van der Waals surface area contributed by atoms with Gasteiger partial charge in [-0.05, 0) is 18.6 Å². The molecule has 0 spiro atoms. The summed E-state index contributed by atoms with van der Waals surface area (Å²) in [4.78, 5) is 11.5. The van der Waals surface area contributed by atoms with E-state index in [4.69, 9.17) is 14.2 Å². The Hall–Kier alpha value is -1.91. The molecule has 5 heteroatoms. The number of hydrogen-bond donors (Lipinski definition) is 1. The number of fused-ring (bicyclic) bond motifs is 1. The van der Waals surface area contributed by atoms with Gasteiger partial charge in [-0.3, -0.25) is 0 Å². The molecular weight excluding hydrogens is 234 g/mol. The summed E-state index contributed by atoms with van der Waals surface area (Å²) in [7, 11) is 1.39. The quantitative estimate of drug-likeness (QED) is 0.827. The number of carbonyl (C=O) groups excluding carboxylic acids is 1. The van der Waals surface area contributed by atoms with E-state index in [1.165, 1.54) is 7.11 Å². The van der Waals surface area contributed by atoms with Crippen LogP contribution in [0.15, 0.2) is 18.2 Å². The molecule has 2 rings (SSSR count). The van der Waals surface area contributed by atoms with Crippen LogP contribution in [0.25, 0.3) is 0 Å². The fraction of sp³-hybridized carbons (Fsp3) is 0.462. The van der Waals surface area contributed by atoms with Crippen molar-refractivity contribution in [2.45, 2.75) is 19.4 Å². The average Bonchev–Trinajstić information content (AvgIpc) is 2.43. The van der Waals surface area contributed by atoms with E-state index >= 15 is 0 Å². The lowest BCUT2D eigenvalue weighted by atomic mass is 10.2. The molecular formula is C13H17NO4. The topological polar surface area (TPSA) is 56.8 Å². The Kier molecular flexibility index (Phi) is 3.92. The van der Waals surface area contributed by atoms with Crippen molar-refractivity contribution in [3.8, 4) is 11.5 Å². The van der Waals surface area contributed by atoms with Crippen LogP contribution in [0.1, 0.15) is 13.3 Å². The maximum Gasteiger partial charge on any atom is 0.328 e. The number of carbonyl (C=O) groups is 1. The van der Waals surface area contributed by atoms with Gasteiger partial charge in [-0.15, -0.1) is 0 Å². The first-order chi connectivity index (χ1) is 8.74. The third-order valence-corrected chi connectivity index (χ3v) is 2.78. The number of benzene rings is 1. The van der Waals surface area contributed by atoms with Crippen LogP contribution in [0.4, 0.5) is 5.69 Å². The first kappa shape index (κ1) is 12.5. The number of anilines is 1. The van der Waals surface area contributed by atoms with Crippen LogP contribution in [0.3, 0.4) is 0 Å². The predicted octanol–water partition coefficient (Wildman–Crippen LogP) is 1.82. The van der Waals surface area contributed by atoms with Crippen LogP contribution in [0, 0.1) is 0 Å². The van der Waals surface area contributed by atoms with Crippen molar-refractivity contribution in [3.63, 3.8) is 0 Å². The molecule has 0 radical (unpaired) electrons. The average molecular weight is 251 g/mol. The van der Waals surface area contributed by atoms with Crippen molar-refractivity contribution in [2.24, 2.45) is 0 Å². The first-order valence-corrected chi connectivity index (χ1v) is 5.98. The van der Waals surface area contributed by atoms with Gasteiger partial charge in [0.05, 0.1) is 7.11 Å². The SMILES string of the molecule is CCC(Nc1ccc2c(c1)OCCO2)C(=O)OC. The normalized spacial score (nSPS) is 14.8. The van der Waals surface area contributed by atoms with Crippen molar-refractivity contribution in [1.29, 1.82) is 0 Å². The first-order valence-electron chi connectivity index (χ1n) is 5.98. The molecule has 0 saturated carbocycles. The number of rotatable bonds is 4. The van der Waals surface area contributed by atoms with E-state index in [1.807, 2.05) is 25.1 Å². The molecule has 1 heterocycles. The van der Waals surface area contributed by atoms with Crippen molar-refractivity contribution in [1.82, 2.24) is 0 Å². The lowest BCUT2D eigenvalue weighted by molar-refractivity contribution is -0.141. The van der Waals surface area contributed by atoms with Crippen molar-refractivity contribution < 1.29 is 19.0 Å². The molecule has 5 nitrogen and oxygen atoms in total. The van der Waals surface area contributed by atoms with Gasteiger partial charge in [0.1, 0.15) is 19.3 Å². The van der Waals surface area contributed by atoms with Crippen molar-refractivity contribution in [3.05, 3.63) is 18.2 Å². The van der Waals surface area contributed by atoms with E-state index in [2.05, 4.69) is 5.32 Å². The number of hydrogen-bond acceptors (Lipinski definition) is 5. The maximum atomic E-state index is 11.5. The number of esters is 1. The molecule has 0 aliphatic carbocycles. The lowest BCUT2D eigenvalue weighted by Crippen LogP contribution is -2.29. The molecule has 0 bridgehead atoms. The molecule has 18 heavy (non-hydrogen) atoms. The van der Waals surface area contributed by atoms with Crippen LogP contribution in [-0.4, -0.2) is 32.3 Å². The molecule has 1 aliphatic heterocycles. The smallest absolute Gasteiger partial charge is 0.328 e. The van der Waals surface area contributed by atoms with Gasteiger partial charge in [-0.25, -0.2) is 4.79 Å². The molecule has 0 saturated heterocycles. The fourth-order valence-corrected chi connectivity index (χ4v) is 1.80. The van der Waals surface area contributed by atoms with Gasteiger partial charge < -0.3 is 19.5 Å². The minimum atomic E-state index is -0.349. The van der Waals surface area contributed by atoms with E-state index in [1.54, 1.807) is 0 Å². The summed E-state index contributed by atoms with van der Waals surface area (Å²) in [6, 6.07) is 5.18. The minimum absolute atomic E-state index is 0.271. The second-order valence-corrected chi connectivity index (χ2v) is 3.99. The van der Waals surface area contributed by atoms with E-state index < -0.39 is 0 Å². The molecule has 1 aromatic rings. The highest BCUT2D eigenvalue weighted by atomic mass is 16.6. The molecule has 1 unspecified atom stereocenters. The minimum Gasteiger partial charge on any atom is -0.486 e. The second kappa shape index (κ2) is 5.62. The third-order valence-electron chi connectivity index (χ3n) is 2.78. The van der Waals surface area contributed by atoms with Crippen LogP contribution < -0.4 is 14.8 Å². The molecule has 98 valence electrons. The fourth-order valence-electron chi connectivity index (χ4n) is 1.80. The third kappa shape index (κ3) is 2.67. The van der Waals surface area contributed by atoms with Crippen LogP contribution in [0.5, 0.6) is 11.5 Å². The molecule has 1 aliphatic rings. The van der Waals surface area contributed by atoms with Gasteiger partial charge in [0.2, 0.25) is 0 Å². The zero-order chi connectivity index (χ0) is 13.0. The van der Waals surface area contributed by atoms with E-state index in [-0.39, 0.29) is 12.0 Å². The van der Waals surface area contributed by atoms with E-state index in [0.717, 1.165) is 11.4 Å². The predicted molar refractivity (Wildman–Crippen MR) is 67.1 cm³/mol. The second-order valence-electron chi connectivity index (χ2n) is 3.99.